The summed E-state index contributed by atoms with van der Waals surface area (Å²) in [7, 11) is 0. The van der Waals surface area contributed by atoms with Gasteiger partial charge in [-0.25, -0.2) is 0 Å². The summed E-state index contributed by atoms with van der Waals surface area (Å²) in [5.41, 5.74) is 1.01. The number of aliphatic hydroxyl groups is 1. The summed E-state index contributed by atoms with van der Waals surface area (Å²) in [5.74, 6) is -0.334. The van der Waals surface area contributed by atoms with Crippen molar-refractivity contribution in [2.45, 2.75) is 19.4 Å². The maximum absolute atomic E-state index is 12.5. The summed E-state index contributed by atoms with van der Waals surface area (Å²) in [6.45, 7) is 5.33. The third kappa shape index (κ3) is 3.92. The van der Waals surface area contributed by atoms with Gasteiger partial charge < -0.3 is 24.8 Å². The minimum absolute atomic E-state index is 0.00987. The van der Waals surface area contributed by atoms with Crippen molar-refractivity contribution in [3.8, 4) is 17.2 Å². The monoisotopic (exact) mass is 380 g/mol. The second-order valence-electron chi connectivity index (χ2n) is 6.60. The lowest BCUT2D eigenvalue weighted by Crippen LogP contribution is -2.12. The number of hydrogen-bond acceptors (Lipinski definition) is 6. The molecule has 1 heterocycles. The molecule has 1 unspecified atom stereocenters. The molecule has 3 rings (SSSR count). The maximum atomic E-state index is 12.5. The van der Waals surface area contributed by atoms with Gasteiger partial charge in [-0.3, -0.25) is 4.79 Å². The van der Waals surface area contributed by atoms with Crippen molar-refractivity contribution in [1.29, 1.82) is 0 Å². The number of phenols is 3. The van der Waals surface area contributed by atoms with Crippen LogP contribution in [0.1, 0.15) is 23.8 Å². The van der Waals surface area contributed by atoms with E-state index in [0.29, 0.717) is 5.57 Å². The Bertz CT molecular complexity index is 1120. The highest BCUT2D eigenvalue weighted by Gasteiger charge is 2.20. The lowest BCUT2D eigenvalue weighted by atomic mass is 9.99. The van der Waals surface area contributed by atoms with E-state index in [1.165, 1.54) is 18.2 Å². The second kappa shape index (κ2) is 7.62. The van der Waals surface area contributed by atoms with Gasteiger partial charge in [-0.05, 0) is 30.7 Å². The number of aliphatic hydroxyl groups excluding tert-OH is 1. The summed E-state index contributed by atoms with van der Waals surface area (Å²) < 4.78 is 5.76. The minimum Gasteiger partial charge on any atom is -0.508 e. The van der Waals surface area contributed by atoms with Crippen LogP contribution in [-0.4, -0.2) is 26.5 Å². The van der Waals surface area contributed by atoms with Gasteiger partial charge in [0.15, 0.2) is 5.43 Å². The highest BCUT2D eigenvalue weighted by molar-refractivity contribution is 5.88. The molecule has 1 aromatic heterocycles. The van der Waals surface area contributed by atoms with Crippen molar-refractivity contribution in [3.05, 3.63) is 75.7 Å². The van der Waals surface area contributed by atoms with Gasteiger partial charge in [-0.1, -0.05) is 30.4 Å². The van der Waals surface area contributed by atoms with Crippen molar-refractivity contribution in [3.63, 3.8) is 0 Å². The van der Waals surface area contributed by atoms with E-state index in [2.05, 4.69) is 6.58 Å². The molecule has 0 aliphatic heterocycles. The van der Waals surface area contributed by atoms with Gasteiger partial charge in [-0.15, -0.1) is 0 Å². The number of hydrogen-bond donors (Lipinski definition) is 4. The van der Waals surface area contributed by atoms with Crippen molar-refractivity contribution in [2.75, 3.05) is 0 Å². The Kier molecular flexibility index (Phi) is 5.24. The van der Waals surface area contributed by atoms with Gasteiger partial charge in [0, 0.05) is 24.1 Å². The zero-order valence-electron chi connectivity index (χ0n) is 15.2. The van der Waals surface area contributed by atoms with Gasteiger partial charge in [-0.2, -0.15) is 0 Å². The highest BCUT2D eigenvalue weighted by atomic mass is 16.3. The fraction of sp³-hybridized carbons (Fsp3) is 0.136. The van der Waals surface area contributed by atoms with Crippen LogP contribution in [0.4, 0.5) is 0 Å². The fourth-order valence-electron chi connectivity index (χ4n) is 2.78. The van der Waals surface area contributed by atoms with Crippen molar-refractivity contribution in [2.24, 2.45) is 0 Å². The molecule has 144 valence electrons. The van der Waals surface area contributed by atoms with E-state index in [1.54, 1.807) is 31.2 Å². The molecule has 4 N–H and O–H groups in total. The van der Waals surface area contributed by atoms with Gasteiger partial charge in [0.25, 0.3) is 0 Å². The van der Waals surface area contributed by atoms with Crippen LogP contribution in [0.2, 0.25) is 0 Å². The van der Waals surface area contributed by atoms with Gasteiger partial charge >= 0.3 is 0 Å². The molecule has 0 aliphatic carbocycles. The minimum atomic E-state index is -0.944. The Hall–Kier alpha value is -3.51. The molecule has 0 spiro atoms. The third-order valence-corrected chi connectivity index (χ3v) is 4.38. The molecule has 0 bridgehead atoms. The van der Waals surface area contributed by atoms with Crippen LogP contribution in [0, 0.1) is 0 Å². The maximum Gasteiger partial charge on any atom is 0.197 e. The van der Waals surface area contributed by atoms with E-state index >= 15 is 0 Å². The van der Waals surface area contributed by atoms with E-state index < -0.39 is 17.3 Å². The van der Waals surface area contributed by atoms with E-state index in [4.69, 9.17) is 4.42 Å². The van der Waals surface area contributed by atoms with Crippen LogP contribution < -0.4 is 5.43 Å². The van der Waals surface area contributed by atoms with Crippen molar-refractivity contribution >= 4 is 23.1 Å². The number of aromatic hydroxyl groups is 3. The summed E-state index contributed by atoms with van der Waals surface area (Å²) in [4.78, 5) is 12.5. The zero-order chi connectivity index (χ0) is 20.4. The summed E-state index contributed by atoms with van der Waals surface area (Å²) in [5, 5.41) is 39.7. The molecule has 0 radical (unpaired) electrons. The first-order valence-electron chi connectivity index (χ1n) is 8.58. The average molecular weight is 380 g/mol. The molecule has 6 heteroatoms. The Labute approximate surface area is 160 Å². The van der Waals surface area contributed by atoms with E-state index in [1.807, 2.05) is 0 Å². The molecule has 6 nitrogen and oxygen atoms in total. The lowest BCUT2D eigenvalue weighted by Gasteiger charge is -2.14. The van der Waals surface area contributed by atoms with E-state index in [9.17, 15) is 25.2 Å². The molecule has 0 saturated carbocycles. The second-order valence-corrected chi connectivity index (χ2v) is 6.60. The van der Waals surface area contributed by atoms with Gasteiger partial charge in [0.2, 0.25) is 0 Å². The van der Waals surface area contributed by atoms with Crippen LogP contribution in [0.15, 0.2) is 57.8 Å². The normalized spacial score (nSPS) is 12.5. The first-order valence-corrected chi connectivity index (χ1v) is 8.58. The predicted octanol–water partition coefficient (Wildman–Crippen LogP) is 3.56. The van der Waals surface area contributed by atoms with Crippen LogP contribution in [0.5, 0.6) is 17.2 Å². The SMILES string of the molecule is C=C(C)C(O)Cc1c(O)cc(O)c2c(=O)cc(C=Cc3ccc(O)cc3)oc12. The largest absolute Gasteiger partial charge is 0.508 e. The average Bonchev–Trinajstić information content (AvgIpc) is 2.63. The number of benzene rings is 2. The van der Waals surface area contributed by atoms with E-state index in [0.717, 1.165) is 11.6 Å². The fourth-order valence-corrected chi connectivity index (χ4v) is 2.78. The van der Waals surface area contributed by atoms with Crippen LogP contribution in [0.25, 0.3) is 23.1 Å². The molecule has 1 atom stereocenters. The summed E-state index contributed by atoms with van der Waals surface area (Å²) >= 11 is 0. The standard InChI is InChI=1S/C22H20O6/c1-12(2)17(24)10-16-18(25)11-20(27)21-19(26)9-15(28-22(16)21)8-5-13-3-6-14(23)7-4-13/h3-9,11,17,23-25,27H,1,10H2,2H3. The topological polar surface area (TPSA) is 111 Å². The first-order chi connectivity index (χ1) is 13.3. The zero-order valence-corrected chi connectivity index (χ0v) is 15.2. The third-order valence-electron chi connectivity index (χ3n) is 4.38. The molecule has 0 fully saturated rings. The molecule has 2 aromatic carbocycles. The molecule has 28 heavy (non-hydrogen) atoms. The van der Waals surface area contributed by atoms with Gasteiger partial charge in [0.05, 0.1) is 6.10 Å². The summed E-state index contributed by atoms with van der Waals surface area (Å²) in [6, 6.07) is 8.74. The van der Waals surface area contributed by atoms with Crippen LogP contribution in [-0.2, 0) is 6.42 Å². The molecular formula is C22H20O6. The van der Waals surface area contributed by atoms with Gasteiger partial charge in [0.1, 0.15) is 34.0 Å². The van der Waals surface area contributed by atoms with Crippen LogP contribution in [0.3, 0.4) is 0 Å². The number of phenolic OH excluding ortho intramolecular Hbond substituents is 3. The molecule has 3 aromatic rings. The molecule has 0 saturated heterocycles. The quantitative estimate of drug-likeness (QED) is 0.504. The smallest absolute Gasteiger partial charge is 0.197 e. The van der Waals surface area contributed by atoms with Crippen molar-refractivity contribution < 1.29 is 24.8 Å². The van der Waals surface area contributed by atoms with Crippen LogP contribution >= 0.6 is 0 Å². The summed E-state index contributed by atoms with van der Waals surface area (Å²) in [6.07, 6.45) is 2.29. The lowest BCUT2D eigenvalue weighted by molar-refractivity contribution is 0.210. The number of rotatable bonds is 5. The Morgan fingerprint density at radius 2 is 1.79 bits per heavy atom. The predicted molar refractivity (Wildman–Crippen MR) is 107 cm³/mol. The Balaban J connectivity index is 2.12. The molecule has 0 aliphatic rings. The first kappa shape index (κ1) is 19.3. The Morgan fingerprint density at radius 3 is 2.43 bits per heavy atom. The molecule has 0 amide bonds. The van der Waals surface area contributed by atoms with E-state index in [-0.39, 0.29) is 40.2 Å². The highest BCUT2D eigenvalue weighted by Crippen LogP contribution is 2.34. The Morgan fingerprint density at radius 1 is 1.11 bits per heavy atom. The number of fused-ring (bicyclic) bond motifs is 1. The molecular weight excluding hydrogens is 360 g/mol. The van der Waals surface area contributed by atoms with Crippen molar-refractivity contribution in [1.82, 2.24) is 0 Å².